The van der Waals surface area contributed by atoms with Crippen molar-refractivity contribution in [1.29, 1.82) is 5.26 Å². The highest BCUT2D eigenvalue weighted by Gasteiger charge is 2.13. The molecule has 0 fully saturated rings. The maximum atomic E-state index is 8.55. The SMILES string of the molecule is CN(C)C(CCC#N)c1ccccn1. The summed E-state index contributed by atoms with van der Waals surface area (Å²) in [6, 6.07) is 8.30. The van der Waals surface area contributed by atoms with E-state index in [4.69, 9.17) is 5.26 Å². The normalized spacial score (nSPS) is 12.4. The minimum atomic E-state index is 0.246. The lowest BCUT2D eigenvalue weighted by Crippen LogP contribution is -2.20. The fourth-order valence-corrected chi connectivity index (χ4v) is 1.44. The zero-order valence-corrected chi connectivity index (χ0v) is 8.64. The van der Waals surface area contributed by atoms with Crippen molar-refractivity contribution in [3.63, 3.8) is 0 Å². The second kappa shape index (κ2) is 5.36. The molecule has 0 radical (unpaired) electrons. The maximum Gasteiger partial charge on any atom is 0.0622 e. The lowest BCUT2D eigenvalue weighted by Gasteiger charge is -2.22. The van der Waals surface area contributed by atoms with Crippen LogP contribution in [0.4, 0.5) is 0 Å². The van der Waals surface area contributed by atoms with Gasteiger partial charge < -0.3 is 4.90 Å². The molecule has 14 heavy (non-hydrogen) atoms. The molecule has 0 saturated carbocycles. The molecule has 3 nitrogen and oxygen atoms in total. The molecule has 0 aliphatic heterocycles. The average molecular weight is 189 g/mol. The first-order valence-electron chi connectivity index (χ1n) is 4.70. The van der Waals surface area contributed by atoms with Gasteiger partial charge in [-0.3, -0.25) is 4.98 Å². The van der Waals surface area contributed by atoms with Crippen molar-refractivity contribution >= 4 is 0 Å². The number of nitriles is 1. The predicted octanol–water partition coefficient (Wildman–Crippen LogP) is 1.99. The van der Waals surface area contributed by atoms with Crippen LogP contribution in [-0.2, 0) is 0 Å². The second-order valence-corrected chi connectivity index (χ2v) is 3.43. The molecule has 0 N–H and O–H groups in total. The predicted molar refractivity (Wildman–Crippen MR) is 55.5 cm³/mol. The first kappa shape index (κ1) is 10.7. The maximum absolute atomic E-state index is 8.55. The minimum Gasteiger partial charge on any atom is -0.301 e. The fraction of sp³-hybridized carbons (Fsp3) is 0.455. The summed E-state index contributed by atoms with van der Waals surface area (Å²) in [5.41, 5.74) is 1.03. The number of aromatic nitrogens is 1. The van der Waals surface area contributed by atoms with Gasteiger partial charge in [0, 0.05) is 12.6 Å². The van der Waals surface area contributed by atoms with Gasteiger partial charge in [-0.1, -0.05) is 6.07 Å². The Kier molecular flexibility index (Phi) is 4.09. The van der Waals surface area contributed by atoms with Crippen molar-refractivity contribution in [2.24, 2.45) is 0 Å². The molecule has 3 heteroatoms. The highest BCUT2D eigenvalue weighted by molar-refractivity contribution is 5.08. The molecule has 0 aromatic carbocycles. The van der Waals surface area contributed by atoms with E-state index in [-0.39, 0.29) is 6.04 Å². The van der Waals surface area contributed by atoms with Gasteiger partial charge in [0.15, 0.2) is 0 Å². The quantitative estimate of drug-likeness (QED) is 0.727. The largest absolute Gasteiger partial charge is 0.301 e. The second-order valence-electron chi connectivity index (χ2n) is 3.43. The number of hydrogen-bond donors (Lipinski definition) is 0. The van der Waals surface area contributed by atoms with E-state index in [0.29, 0.717) is 6.42 Å². The molecule has 1 aromatic heterocycles. The average Bonchev–Trinajstić information content (AvgIpc) is 2.19. The van der Waals surface area contributed by atoms with E-state index >= 15 is 0 Å². The molecule has 0 spiro atoms. The topological polar surface area (TPSA) is 39.9 Å². The van der Waals surface area contributed by atoms with E-state index in [0.717, 1.165) is 12.1 Å². The Labute approximate surface area is 85.0 Å². The van der Waals surface area contributed by atoms with Gasteiger partial charge in [0.25, 0.3) is 0 Å². The van der Waals surface area contributed by atoms with Crippen LogP contribution in [0.2, 0.25) is 0 Å². The van der Waals surface area contributed by atoms with Crippen LogP contribution in [0.25, 0.3) is 0 Å². The molecule has 0 aliphatic rings. The smallest absolute Gasteiger partial charge is 0.0622 e. The molecule has 1 atom stereocenters. The Bertz CT molecular complexity index is 300. The Morgan fingerprint density at radius 3 is 2.79 bits per heavy atom. The Morgan fingerprint density at radius 1 is 1.50 bits per heavy atom. The standard InChI is InChI=1S/C11H15N3/c1-14(2)11(7-5-8-12)10-6-3-4-9-13-10/h3-4,6,9,11H,5,7H2,1-2H3. The highest BCUT2D eigenvalue weighted by atomic mass is 15.1. The summed E-state index contributed by atoms with van der Waals surface area (Å²) in [5.74, 6) is 0. The highest BCUT2D eigenvalue weighted by Crippen LogP contribution is 2.20. The van der Waals surface area contributed by atoms with Gasteiger partial charge in [0.2, 0.25) is 0 Å². The lowest BCUT2D eigenvalue weighted by atomic mass is 10.1. The van der Waals surface area contributed by atoms with Gasteiger partial charge in [-0.2, -0.15) is 5.26 Å². The zero-order valence-electron chi connectivity index (χ0n) is 8.64. The van der Waals surface area contributed by atoms with Gasteiger partial charge in [-0.05, 0) is 32.6 Å². The lowest BCUT2D eigenvalue weighted by molar-refractivity contribution is 0.280. The molecule has 74 valence electrons. The Morgan fingerprint density at radius 2 is 2.29 bits per heavy atom. The fourth-order valence-electron chi connectivity index (χ4n) is 1.44. The summed E-state index contributed by atoms with van der Waals surface area (Å²) in [7, 11) is 4.02. The summed E-state index contributed by atoms with van der Waals surface area (Å²) in [5, 5.41) is 8.55. The first-order valence-corrected chi connectivity index (χ1v) is 4.70. The molecule has 0 amide bonds. The third-order valence-electron chi connectivity index (χ3n) is 2.18. The van der Waals surface area contributed by atoms with E-state index in [1.54, 1.807) is 6.20 Å². The third kappa shape index (κ3) is 2.82. The summed E-state index contributed by atoms with van der Waals surface area (Å²) < 4.78 is 0. The molecular formula is C11H15N3. The summed E-state index contributed by atoms with van der Waals surface area (Å²) >= 11 is 0. The van der Waals surface area contributed by atoms with E-state index in [1.807, 2.05) is 32.3 Å². The first-order chi connectivity index (χ1) is 6.75. The van der Waals surface area contributed by atoms with Crippen LogP contribution in [0.5, 0.6) is 0 Å². The molecule has 0 aliphatic carbocycles. The van der Waals surface area contributed by atoms with E-state index in [1.165, 1.54) is 0 Å². The van der Waals surface area contributed by atoms with Crippen LogP contribution in [0, 0.1) is 11.3 Å². The van der Waals surface area contributed by atoms with E-state index in [9.17, 15) is 0 Å². The number of hydrogen-bond acceptors (Lipinski definition) is 3. The van der Waals surface area contributed by atoms with Crippen LogP contribution >= 0.6 is 0 Å². The third-order valence-corrected chi connectivity index (χ3v) is 2.18. The van der Waals surface area contributed by atoms with Gasteiger partial charge in [-0.15, -0.1) is 0 Å². The summed E-state index contributed by atoms with van der Waals surface area (Å²) in [4.78, 5) is 6.40. The monoisotopic (exact) mass is 189 g/mol. The van der Waals surface area contributed by atoms with Crippen molar-refractivity contribution in [2.75, 3.05) is 14.1 Å². The molecular weight excluding hydrogens is 174 g/mol. The van der Waals surface area contributed by atoms with Crippen molar-refractivity contribution in [1.82, 2.24) is 9.88 Å². The van der Waals surface area contributed by atoms with Crippen molar-refractivity contribution in [3.8, 4) is 6.07 Å². The number of rotatable bonds is 4. The van der Waals surface area contributed by atoms with Crippen molar-refractivity contribution in [3.05, 3.63) is 30.1 Å². The van der Waals surface area contributed by atoms with Crippen molar-refractivity contribution in [2.45, 2.75) is 18.9 Å². The number of pyridine rings is 1. The van der Waals surface area contributed by atoms with E-state index in [2.05, 4.69) is 16.0 Å². The van der Waals surface area contributed by atoms with Crippen LogP contribution in [0.3, 0.4) is 0 Å². The number of nitrogens with zero attached hydrogens (tertiary/aromatic N) is 3. The molecule has 0 saturated heterocycles. The van der Waals surface area contributed by atoms with Gasteiger partial charge in [0.1, 0.15) is 0 Å². The Hall–Kier alpha value is -1.40. The Balaban J connectivity index is 2.74. The molecule has 0 bridgehead atoms. The minimum absolute atomic E-state index is 0.246. The summed E-state index contributed by atoms with van der Waals surface area (Å²) in [6.45, 7) is 0. The molecule has 1 heterocycles. The molecule has 1 aromatic rings. The van der Waals surface area contributed by atoms with Gasteiger partial charge in [-0.25, -0.2) is 0 Å². The van der Waals surface area contributed by atoms with Crippen LogP contribution < -0.4 is 0 Å². The van der Waals surface area contributed by atoms with Gasteiger partial charge >= 0.3 is 0 Å². The van der Waals surface area contributed by atoms with Crippen LogP contribution in [-0.4, -0.2) is 24.0 Å². The van der Waals surface area contributed by atoms with Crippen LogP contribution in [0.1, 0.15) is 24.6 Å². The van der Waals surface area contributed by atoms with Crippen LogP contribution in [0.15, 0.2) is 24.4 Å². The molecule has 1 unspecified atom stereocenters. The van der Waals surface area contributed by atoms with E-state index < -0.39 is 0 Å². The zero-order chi connectivity index (χ0) is 10.4. The van der Waals surface area contributed by atoms with Crippen molar-refractivity contribution < 1.29 is 0 Å². The molecule has 1 rings (SSSR count). The van der Waals surface area contributed by atoms with Gasteiger partial charge in [0.05, 0.1) is 17.8 Å². The summed E-state index contributed by atoms with van der Waals surface area (Å²) in [6.07, 6.45) is 3.19.